The zero-order valence-corrected chi connectivity index (χ0v) is 22.8. The van der Waals surface area contributed by atoms with Crippen LogP contribution < -0.4 is 0 Å². The van der Waals surface area contributed by atoms with Gasteiger partial charge in [0.05, 0.1) is 0 Å². The van der Waals surface area contributed by atoms with Gasteiger partial charge in [-0.1, -0.05) is 137 Å². The lowest BCUT2D eigenvalue weighted by Gasteiger charge is -2.32. The molecule has 0 N–H and O–H groups in total. The van der Waals surface area contributed by atoms with E-state index in [-0.39, 0.29) is 15.8 Å². The third kappa shape index (κ3) is 5.09. The summed E-state index contributed by atoms with van der Waals surface area (Å²) < 4.78 is 0. The molecule has 4 unspecified atom stereocenters. The SMILES string of the molecule is c1ccc(C2CC[C@H](c3ccccc3)P2CCP2C(c3ccccc3)CC[C@@H]2c2ccccc2)cc1. The zero-order chi connectivity index (χ0) is 24.2. The third-order valence-corrected chi connectivity index (χ3v) is 15.6. The molecule has 6 rings (SSSR count). The molecular weight excluding hydrogens is 470 g/mol. The minimum Gasteiger partial charge on any atom is -0.0910 e. The largest absolute Gasteiger partial charge is 0.0910 e. The monoisotopic (exact) mass is 506 g/mol. The van der Waals surface area contributed by atoms with Gasteiger partial charge >= 0.3 is 0 Å². The van der Waals surface area contributed by atoms with E-state index in [0.717, 1.165) is 22.6 Å². The standard InChI is InChI=1S/C34H36P2/c1-5-13-27(14-6-1)31-21-22-32(28-15-7-2-8-16-28)35(31)25-26-36-33(29-17-9-3-10-18-29)23-24-34(36)30-19-11-4-12-20-30/h1-20,31-34H,21-26H2/t31-,32?,33-,34?,35?,36?/m1/s1. The first-order valence-electron chi connectivity index (χ1n) is 13.6. The van der Waals surface area contributed by atoms with Gasteiger partial charge in [-0.05, 0) is 60.3 Å². The quantitative estimate of drug-likeness (QED) is 0.219. The number of benzene rings is 4. The Balaban J connectivity index is 1.30. The molecule has 0 radical (unpaired) electrons. The highest BCUT2D eigenvalue weighted by atomic mass is 31.1. The molecule has 0 nitrogen and oxygen atoms in total. The molecule has 36 heavy (non-hydrogen) atoms. The zero-order valence-electron chi connectivity index (χ0n) is 21.0. The van der Waals surface area contributed by atoms with Crippen LogP contribution in [0.5, 0.6) is 0 Å². The van der Waals surface area contributed by atoms with Crippen molar-refractivity contribution < 1.29 is 0 Å². The molecule has 2 fully saturated rings. The highest BCUT2D eigenvalue weighted by Gasteiger charge is 2.41. The number of hydrogen-bond donors (Lipinski definition) is 0. The fraction of sp³-hybridized carbons (Fsp3) is 0.294. The topological polar surface area (TPSA) is 0 Å². The molecule has 6 atom stereocenters. The molecule has 0 aromatic heterocycles. The van der Waals surface area contributed by atoms with Crippen molar-refractivity contribution in [2.24, 2.45) is 0 Å². The van der Waals surface area contributed by atoms with Gasteiger partial charge in [0.25, 0.3) is 0 Å². The van der Waals surface area contributed by atoms with Crippen LogP contribution in [0, 0.1) is 0 Å². The Morgan fingerprint density at radius 1 is 0.361 bits per heavy atom. The van der Waals surface area contributed by atoms with Gasteiger partial charge in [-0.2, -0.15) is 0 Å². The normalized spacial score (nSPS) is 27.8. The summed E-state index contributed by atoms with van der Waals surface area (Å²) in [6.07, 6.45) is 8.20. The summed E-state index contributed by atoms with van der Waals surface area (Å²) in [5, 5.41) is 0. The first-order valence-corrected chi connectivity index (χ1v) is 16.9. The summed E-state index contributed by atoms with van der Waals surface area (Å²) in [6, 6.07) is 45.8. The Bertz CT molecular complexity index is 1020. The average Bonchev–Trinajstić information content (AvgIpc) is 3.58. The van der Waals surface area contributed by atoms with Gasteiger partial charge in [0.1, 0.15) is 0 Å². The molecule has 2 heteroatoms. The van der Waals surface area contributed by atoms with Crippen LogP contribution in [-0.4, -0.2) is 12.3 Å². The highest BCUT2D eigenvalue weighted by Crippen LogP contribution is 2.75. The summed E-state index contributed by atoms with van der Waals surface area (Å²) in [5.74, 6) is 0. The second-order valence-corrected chi connectivity index (χ2v) is 15.8. The summed E-state index contributed by atoms with van der Waals surface area (Å²) in [7, 11) is -0.201. The summed E-state index contributed by atoms with van der Waals surface area (Å²) >= 11 is 0. The van der Waals surface area contributed by atoms with Crippen molar-refractivity contribution in [2.75, 3.05) is 12.3 Å². The Hall–Kier alpha value is -2.26. The van der Waals surface area contributed by atoms with E-state index in [9.17, 15) is 0 Å². The van der Waals surface area contributed by atoms with E-state index < -0.39 is 0 Å². The minimum absolute atomic E-state index is 0.100. The molecule has 0 spiro atoms. The second kappa shape index (κ2) is 11.4. The Morgan fingerprint density at radius 2 is 0.583 bits per heavy atom. The lowest BCUT2D eigenvalue weighted by molar-refractivity contribution is 0.765. The smallest absolute Gasteiger partial charge is 0.00477 e. The van der Waals surface area contributed by atoms with Crippen molar-refractivity contribution in [3.63, 3.8) is 0 Å². The molecule has 0 amide bonds. The third-order valence-electron chi connectivity index (χ3n) is 8.38. The fourth-order valence-corrected chi connectivity index (χ4v) is 14.8. The van der Waals surface area contributed by atoms with E-state index in [1.54, 1.807) is 22.3 Å². The Labute approximate surface area is 219 Å². The van der Waals surface area contributed by atoms with Gasteiger partial charge in [0, 0.05) is 22.6 Å². The predicted molar refractivity (Wildman–Crippen MR) is 159 cm³/mol. The molecule has 0 bridgehead atoms. The van der Waals surface area contributed by atoms with Gasteiger partial charge in [0.2, 0.25) is 0 Å². The van der Waals surface area contributed by atoms with E-state index >= 15 is 0 Å². The van der Waals surface area contributed by atoms with Crippen molar-refractivity contribution in [3.05, 3.63) is 144 Å². The fourth-order valence-electron chi connectivity index (χ4n) is 6.72. The van der Waals surface area contributed by atoms with Crippen molar-refractivity contribution in [1.29, 1.82) is 0 Å². The molecule has 2 aliphatic heterocycles. The first-order chi connectivity index (χ1) is 17.9. The van der Waals surface area contributed by atoms with E-state index in [1.165, 1.54) is 38.0 Å². The van der Waals surface area contributed by atoms with Gasteiger partial charge in [0.15, 0.2) is 0 Å². The minimum atomic E-state index is -0.100. The maximum Gasteiger partial charge on any atom is 0.00477 e. The van der Waals surface area contributed by atoms with Crippen LogP contribution in [0.15, 0.2) is 121 Å². The average molecular weight is 507 g/mol. The van der Waals surface area contributed by atoms with Crippen molar-refractivity contribution in [3.8, 4) is 0 Å². The van der Waals surface area contributed by atoms with Crippen LogP contribution >= 0.6 is 15.8 Å². The van der Waals surface area contributed by atoms with Gasteiger partial charge < -0.3 is 0 Å². The van der Waals surface area contributed by atoms with Crippen LogP contribution in [0.2, 0.25) is 0 Å². The maximum absolute atomic E-state index is 2.40. The highest BCUT2D eigenvalue weighted by molar-refractivity contribution is 7.62. The summed E-state index contributed by atoms with van der Waals surface area (Å²) in [4.78, 5) is 0. The molecular formula is C34H36P2. The van der Waals surface area contributed by atoms with Gasteiger partial charge in [-0.25, -0.2) is 0 Å². The lowest BCUT2D eigenvalue weighted by Crippen LogP contribution is -2.05. The van der Waals surface area contributed by atoms with Crippen LogP contribution in [0.4, 0.5) is 0 Å². The number of rotatable bonds is 7. The Morgan fingerprint density at radius 3 is 0.806 bits per heavy atom. The second-order valence-electron chi connectivity index (χ2n) is 10.3. The van der Waals surface area contributed by atoms with Crippen molar-refractivity contribution in [1.82, 2.24) is 0 Å². The first kappa shape index (κ1) is 24.1. The summed E-state index contributed by atoms with van der Waals surface area (Å²) in [5.41, 5.74) is 9.31. The maximum atomic E-state index is 2.40. The molecule has 0 saturated carbocycles. The van der Waals surface area contributed by atoms with Crippen LogP contribution in [0.25, 0.3) is 0 Å². The molecule has 2 heterocycles. The number of hydrogen-bond acceptors (Lipinski definition) is 0. The van der Waals surface area contributed by atoms with Crippen LogP contribution in [0.3, 0.4) is 0 Å². The van der Waals surface area contributed by atoms with Crippen LogP contribution in [-0.2, 0) is 0 Å². The molecule has 2 aliphatic rings. The van der Waals surface area contributed by atoms with E-state index in [4.69, 9.17) is 0 Å². The van der Waals surface area contributed by atoms with Crippen LogP contribution in [0.1, 0.15) is 70.6 Å². The van der Waals surface area contributed by atoms with Crippen molar-refractivity contribution >= 4 is 15.8 Å². The predicted octanol–water partition coefficient (Wildman–Crippen LogP) is 10.5. The molecule has 4 aromatic rings. The van der Waals surface area contributed by atoms with E-state index in [2.05, 4.69) is 121 Å². The van der Waals surface area contributed by atoms with E-state index in [1.807, 2.05) is 0 Å². The molecule has 4 aromatic carbocycles. The van der Waals surface area contributed by atoms with Crippen molar-refractivity contribution in [2.45, 2.75) is 48.3 Å². The summed E-state index contributed by atoms with van der Waals surface area (Å²) in [6.45, 7) is 0. The molecule has 2 saturated heterocycles. The molecule has 182 valence electrons. The van der Waals surface area contributed by atoms with Gasteiger partial charge in [-0.15, -0.1) is 0 Å². The lowest BCUT2D eigenvalue weighted by atomic mass is 10.0. The molecule has 0 aliphatic carbocycles. The van der Waals surface area contributed by atoms with Gasteiger partial charge in [-0.3, -0.25) is 0 Å². The Kier molecular flexibility index (Phi) is 7.65. The van der Waals surface area contributed by atoms with E-state index in [0.29, 0.717) is 0 Å².